The summed E-state index contributed by atoms with van der Waals surface area (Å²) >= 11 is 12.5. The Labute approximate surface area is 159 Å². The Morgan fingerprint density at radius 1 is 1.08 bits per heavy atom. The maximum Gasteiger partial charge on any atom is 0.296 e. The Morgan fingerprint density at radius 3 is 2.60 bits per heavy atom. The summed E-state index contributed by atoms with van der Waals surface area (Å²) in [5.74, 6) is -0.160. The molecule has 4 nitrogen and oxygen atoms in total. The van der Waals surface area contributed by atoms with Gasteiger partial charge in [-0.05, 0) is 36.0 Å². The van der Waals surface area contributed by atoms with Crippen molar-refractivity contribution in [3.63, 3.8) is 0 Å². The second kappa shape index (κ2) is 5.98. The first kappa shape index (κ1) is 16.3. The number of carbonyl (C=O) groups is 2. The normalized spacial score (nSPS) is 19.8. The summed E-state index contributed by atoms with van der Waals surface area (Å²) in [6.07, 6.45) is 0. The quantitative estimate of drug-likeness (QED) is 0.525. The molecule has 0 saturated carbocycles. The zero-order chi connectivity index (χ0) is 17.7. The number of nitrogens with zero attached hydrogens (tertiary/aromatic N) is 2. The molecule has 2 heterocycles. The molecule has 0 aromatic heterocycles. The van der Waals surface area contributed by atoms with Crippen molar-refractivity contribution in [1.29, 1.82) is 0 Å². The highest BCUT2D eigenvalue weighted by molar-refractivity contribution is 8.20. The van der Waals surface area contributed by atoms with E-state index >= 15 is 0 Å². The molecule has 0 aliphatic carbocycles. The van der Waals surface area contributed by atoms with Crippen LogP contribution in [0.15, 0.2) is 53.4 Å². The molecule has 0 N–H and O–H groups in total. The number of fused-ring (bicyclic) bond motifs is 1. The molecule has 25 heavy (non-hydrogen) atoms. The number of carbonyl (C=O) groups excluding carboxylic acids is 2. The van der Waals surface area contributed by atoms with Gasteiger partial charge in [-0.15, -0.1) is 0 Å². The van der Waals surface area contributed by atoms with E-state index in [-0.39, 0.29) is 11.1 Å². The molecular formula is C18H11ClN2O2S2. The van der Waals surface area contributed by atoms with Gasteiger partial charge in [0.25, 0.3) is 11.1 Å². The minimum Gasteiger partial charge on any atom is -0.311 e. The topological polar surface area (TPSA) is 40.6 Å². The molecule has 1 saturated heterocycles. The number of thiocarbonyl (C=S) groups is 1. The molecule has 4 rings (SSSR count). The SMILES string of the molecule is CN1C(=O)/C(=C2/SC(=O)N(c3cccc(Cl)c3)C2=S)c2ccccc21. The summed E-state index contributed by atoms with van der Waals surface area (Å²) in [5, 5.41) is 0.274. The fourth-order valence-electron chi connectivity index (χ4n) is 2.95. The van der Waals surface area contributed by atoms with E-state index in [4.69, 9.17) is 23.8 Å². The summed E-state index contributed by atoms with van der Waals surface area (Å²) < 4.78 is 0. The zero-order valence-corrected chi connectivity index (χ0v) is 15.4. The second-order valence-electron chi connectivity index (χ2n) is 5.57. The van der Waals surface area contributed by atoms with Crippen LogP contribution in [0.4, 0.5) is 16.2 Å². The molecule has 2 aromatic carbocycles. The fourth-order valence-corrected chi connectivity index (χ4v) is 4.54. The van der Waals surface area contributed by atoms with E-state index in [2.05, 4.69) is 0 Å². The van der Waals surface area contributed by atoms with Gasteiger partial charge in [0.1, 0.15) is 4.99 Å². The van der Waals surface area contributed by atoms with E-state index in [9.17, 15) is 9.59 Å². The monoisotopic (exact) mass is 386 g/mol. The minimum absolute atomic E-state index is 0.160. The van der Waals surface area contributed by atoms with Crippen LogP contribution in [0, 0.1) is 0 Å². The Bertz CT molecular complexity index is 987. The van der Waals surface area contributed by atoms with Crippen LogP contribution < -0.4 is 9.80 Å². The first-order valence-corrected chi connectivity index (χ1v) is 9.03. The van der Waals surface area contributed by atoms with Gasteiger partial charge in [0.05, 0.1) is 21.9 Å². The van der Waals surface area contributed by atoms with Crippen molar-refractivity contribution in [3.05, 3.63) is 64.0 Å². The standard InChI is InChI=1S/C18H11ClN2O2S2/c1-20-13-8-3-2-7-12(13)14(16(20)22)15-17(24)21(18(23)25-15)11-6-4-5-10(19)9-11/h2-9H,1H3/b15-14+. The van der Waals surface area contributed by atoms with E-state index in [1.807, 2.05) is 24.3 Å². The number of anilines is 2. The number of hydrogen-bond donors (Lipinski definition) is 0. The highest BCUT2D eigenvalue weighted by Crippen LogP contribution is 2.45. The van der Waals surface area contributed by atoms with Gasteiger partial charge in [-0.3, -0.25) is 14.5 Å². The molecule has 2 aliphatic heterocycles. The number of para-hydroxylation sites is 1. The molecule has 7 heteroatoms. The third-order valence-corrected chi connectivity index (χ3v) is 5.83. The van der Waals surface area contributed by atoms with Gasteiger partial charge in [-0.1, -0.05) is 48.1 Å². The van der Waals surface area contributed by atoms with E-state index in [0.29, 0.717) is 26.2 Å². The van der Waals surface area contributed by atoms with Gasteiger partial charge < -0.3 is 4.90 Å². The molecule has 0 spiro atoms. The van der Waals surface area contributed by atoms with Crippen molar-refractivity contribution in [2.45, 2.75) is 0 Å². The average Bonchev–Trinajstić information content (AvgIpc) is 3.02. The molecule has 2 aromatic rings. The van der Waals surface area contributed by atoms with E-state index < -0.39 is 0 Å². The third-order valence-electron chi connectivity index (χ3n) is 4.12. The predicted molar refractivity (Wildman–Crippen MR) is 106 cm³/mol. The lowest BCUT2D eigenvalue weighted by Crippen LogP contribution is -2.27. The lowest BCUT2D eigenvalue weighted by atomic mass is 10.1. The molecule has 0 atom stereocenters. The van der Waals surface area contributed by atoms with Crippen molar-refractivity contribution in [2.75, 3.05) is 16.8 Å². The summed E-state index contributed by atoms with van der Waals surface area (Å²) in [6, 6.07) is 14.4. The van der Waals surface area contributed by atoms with Crippen molar-refractivity contribution < 1.29 is 9.59 Å². The van der Waals surface area contributed by atoms with Gasteiger partial charge in [0, 0.05) is 17.6 Å². The van der Waals surface area contributed by atoms with Crippen molar-refractivity contribution in [1.82, 2.24) is 0 Å². The maximum atomic E-state index is 12.7. The molecule has 0 bridgehead atoms. The number of hydrogen-bond acceptors (Lipinski definition) is 4. The molecule has 2 amide bonds. The number of rotatable bonds is 1. The molecule has 0 radical (unpaired) electrons. The minimum atomic E-state index is -0.241. The molecular weight excluding hydrogens is 376 g/mol. The Kier molecular flexibility index (Phi) is 3.91. The Morgan fingerprint density at radius 2 is 1.84 bits per heavy atom. The van der Waals surface area contributed by atoms with Crippen LogP contribution >= 0.6 is 35.6 Å². The van der Waals surface area contributed by atoms with Crippen LogP contribution in [-0.2, 0) is 4.79 Å². The summed E-state index contributed by atoms with van der Waals surface area (Å²) in [5.41, 5.74) is 2.68. The summed E-state index contributed by atoms with van der Waals surface area (Å²) in [7, 11) is 1.72. The maximum absolute atomic E-state index is 12.7. The van der Waals surface area contributed by atoms with Crippen LogP contribution in [0.1, 0.15) is 5.56 Å². The van der Waals surface area contributed by atoms with Crippen molar-refractivity contribution in [2.24, 2.45) is 0 Å². The lowest BCUT2D eigenvalue weighted by molar-refractivity contribution is -0.112. The number of amides is 2. The van der Waals surface area contributed by atoms with Gasteiger partial charge in [-0.2, -0.15) is 0 Å². The summed E-state index contributed by atoms with van der Waals surface area (Å²) in [4.78, 5) is 29.1. The van der Waals surface area contributed by atoms with Crippen LogP contribution in [-0.4, -0.2) is 23.2 Å². The van der Waals surface area contributed by atoms with Gasteiger partial charge in [-0.25, -0.2) is 0 Å². The van der Waals surface area contributed by atoms with Crippen LogP contribution in [0.25, 0.3) is 5.57 Å². The zero-order valence-electron chi connectivity index (χ0n) is 13.0. The molecule has 2 aliphatic rings. The molecule has 0 unspecified atom stereocenters. The third kappa shape index (κ3) is 2.49. The highest BCUT2D eigenvalue weighted by Gasteiger charge is 2.40. The Hall–Kier alpha value is -2.15. The number of halogens is 1. The number of thioether (sulfide) groups is 1. The first-order valence-electron chi connectivity index (χ1n) is 7.42. The van der Waals surface area contributed by atoms with E-state index in [0.717, 1.165) is 23.0 Å². The van der Waals surface area contributed by atoms with E-state index in [1.54, 1.807) is 36.2 Å². The van der Waals surface area contributed by atoms with Gasteiger partial charge in [0.15, 0.2) is 0 Å². The van der Waals surface area contributed by atoms with E-state index in [1.165, 1.54) is 4.90 Å². The van der Waals surface area contributed by atoms with Crippen LogP contribution in [0.3, 0.4) is 0 Å². The van der Waals surface area contributed by atoms with Crippen molar-refractivity contribution in [3.8, 4) is 0 Å². The van der Waals surface area contributed by atoms with Crippen LogP contribution in [0.2, 0.25) is 5.02 Å². The largest absolute Gasteiger partial charge is 0.311 e. The Balaban J connectivity index is 1.85. The predicted octanol–water partition coefficient (Wildman–Crippen LogP) is 4.73. The van der Waals surface area contributed by atoms with Gasteiger partial charge in [0.2, 0.25) is 0 Å². The highest BCUT2D eigenvalue weighted by atomic mass is 35.5. The second-order valence-corrected chi connectivity index (χ2v) is 7.36. The molecule has 124 valence electrons. The van der Waals surface area contributed by atoms with Crippen LogP contribution in [0.5, 0.6) is 0 Å². The smallest absolute Gasteiger partial charge is 0.296 e. The first-order chi connectivity index (χ1) is 12.0. The lowest BCUT2D eigenvalue weighted by Gasteiger charge is -2.15. The number of benzene rings is 2. The van der Waals surface area contributed by atoms with Gasteiger partial charge >= 0.3 is 0 Å². The average molecular weight is 387 g/mol. The van der Waals surface area contributed by atoms with Crippen molar-refractivity contribution >= 4 is 68.7 Å². The number of likely N-dealkylation sites (N-methyl/N-ethyl adjacent to an activating group) is 1. The summed E-state index contributed by atoms with van der Waals surface area (Å²) in [6.45, 7) is 0. The fraction of sp³-hybridized carbons (Fsp3) is 0.0556. The molecule has 1 fully saturated rings.